The number of ketones is 1. The highest BCUT2D eigenvalue weighted by Crippen LogP contribution is 2.35. The molecule has 31 heavy (non-hydrogen) atoms. The zero-order chi connectivity index (χ0) is 23.0. The summed E-state index contributed by atoms with van der Waals surface area (Å²) in [5.74, 6) is 0.118. The molecule has 0 aliphatic carbocycles. The van der Waals surface area contributed by atoms with Crippen LogP contribution < -0.4 is 9.47 Å². The van der Waals surface area contributed by atoms with Crippen molar-refractivity contribution in [3.63, 3.8) is 0 Å². The Labute approximate surface area is 185 Å². The lowest BCUT2D eigenvalue weighted by atomic mass is 9.84. The van der Waals surface area contributed by atoms with E-state index in [-0.39, 0.29) is 17.5 Å². The molecule has 0 aliphatic rings. The van der Waals surface area contributed by atoms with E-state index in [9.17, 15) is 10.1 Å². The van der Waals surface area contributed by atoms with Crippen LogP contribution in [0.1, 0.15) is 93.0 Å². The second kappa shape index (κ2) is 10.9. The smallest absolute Gasteiger partial charge is 0.320 e. The number of aromatic nitrogens is 2. The highest BCUT2D eigenvalue weighted by Gasteiger charge is 2.31. The van der Waals surface area contributed by atoms with Gasteiger partial charge in [0.2, 0.25) is 11.7 Å². The number of hydrogen-bond acceptors (Lipinski definition) is 6. The minimum absolute atomic E-state index is 0.143. The lowest BCUT2D eigenvalue weighted by Crippen LogP contribution is -2.23. The van der Waals surface area contributed by atoms with Gasteiger partial charge in [-0.05, 0) is 48.9 Å². The predicted molar refractivity (Wildman–Crippen MR) is 121 cm³/mol. The summed E-state index contributed by atoms with van der Waals surface area (Å²) in [5, 5.41) is 9.32. The van der Waals surface area contributed by atoms with E-state index in [2.05, 4.69) is 29.9 Å². The third kappa shape index (κ3) is 6.52. The van der Waals surface area contributed by atoms with Gasteiger partial charge in [-0.3, -0.25) is 4.79 Å². The van der Waals surface area contributed by atoms with Gasteiger partial charge < -0.3 is 9.47 Å². The van der Waals surface area contributed by atoms with Gasteiger partial charge in [-0.15, -0.1) is 0 Å². The quantitative estimate of drug-likeness (QED) is 0.368. The van der Waals surface area contributed by atoms with Crippen molar-refractivity contribution in [2.24, 2.45) is 0 Å². The van der Waals surface area contributed by atoms with Gasteiger partial charge in [0.15, 0.2) is 0 Å². The second-order valence-corrected chi connectivity index (χ2v) is 8.72. The van der Waals surface area contributed by atoms with E-state index in [1.807, 2.05) is 27.7 Å². The first-order valence-electron chi connectivity index (χ1n) is 11.0. The number of benzene rings is 1. The number of ether oxygens (including phenoxy) is 2. The first-order valence-corrected chi connectivity index (χ1v) is 11.0. The van der Waals surface area contributed by atoms with E-state index in [1.54, 1.807) is 18.2 Å². The van der Waals surface area contributed by atoms with Crippen LogP contribution in [0.25, 0.3) is 0 Å². The minimum atomic E-state index is -0.434. The first kappa shape index (κ1) is 24.3. The molecule has 1 heterocycles. The molecule has 0 saturated heterocycles. The minimum Gasteiger partial charge on any atom is -0.477 e. The van der Waals surface area contributed by atoms with Crippen molar-refractivity contribution >= 4 is 5.78 Å². The molecular weight excluding hydrogens is 390 g/mol. The van der Waals surface area contributed by atoms with Crippen molar-refractivity contribution in [2.45, 2.75) is 72.6 Å². The number of hydrogen-bond donors (Lipinski definition) is 0. The van der Waals surface area contributed by atoms with Crippen LogP contribution in [0.5, 0.6) is 11.9 Å². The third-order valence-corrected chi connectivity index (χ3v) is 4.75. The molecule has 2 aromatic rings. The van der Waals surface area contributed by atoms with Gasteiger partial charge >= 0.3 is 6.01 Å². The Morgan fingerprint density at radius 2 is 1.68 bits per heavy atom. The molecule has 0 saturated carbocycles. The Kier molecular flexibility index (Phi) is 8.56. The normalized spacial score (nSPS) is 11.1. The lowest BCUT2D eigenvalue weighted by molar-refractivity contribution is 0.102. The molecule has 0 spiro atoms. The van der Waals surface area contributed by atoms with Crippen LogP contribution in [-0.2, 0) is 5.41 Å². The molecule has 0 radical (unpaired) electrons. The summed E-state index contributed by atoms with van der Waals surface area (Å²) in [5.41, 5.74) is 2.17. The largest absolute Gasteiger partial charge is 0.477 e. The SMILES string of the molecule is CCCCOc1nc(OCCCC)c(C(C)(C)C)c(C(=O)c2cc(C)cc(C#N)c2)n1. The Morgan fingerprint density at radius 3 is 2.26 bits per heavy atom. The van der Waals surface area contributed by atoms with Gasteiger partial charge in [-0.1, -0.05) is 47.5 Å². The highest BCUT2D eigenvalue weighted by molar-refractivity contribution is 6.09. The molecule has 6 nitrogen and oxygen atoms in total. The maximum atomic E-state index is 13.6. The van der Waals surface area contributed by atoms with Crippen LogP contribution in [0, 0.1) is 18.3 Å². The Balaban J connectivity index is 2.64. The molecule has 166 valence electrons. The van der Waals surface area contributed by atoms with Crippen LogP contribution >= 0.6 is 0 Å². The first-order chi connectivity index (χ1) is 14.7. The Bertz CT molecular complexity index is 956. The highest BCUT2D eigenvalue weighted by atomic mass is 16.5. The molecule has 0 bridgehead atoms. The molecule has 0 atom stereocenters. The summed E-state index contributed by atoms with van der Waals surface area (Å²) >= 11 is 0. The molecule has 0 unspecified atom stereocenters. The molecule has 6 heteroatoms. The Morgan fingerprint density at radius 1 is 1.03 bits per heavy atom. The van der Waals surface area contributed by atoms with Gasteiger partial charge in [0.05, 0.1) is 24.8 Å². The fraction of sp³-hybridized carbons (Fsp3) is 0.520. The average Bonchev–Trinajstić information content (AvgIpc) is 2.72. The fourth-order valence-electron chi connectivity index (χ4n) is 3.17. The number of unbranched alkanes of at least 4 members (excludes halogenated alkanes) is 2. The van der Waals surface area contributed by atoms with E-state index < -0.39 is 5.41 Å². The van der Waals surface area contributed by atoms with Crippen molar-refractivity contribution in [1.29, 1.82) is 5.26 Å². The van der Waals surface area contributed by atoms with Gasteiger partial charge in [-0.2, -0.15) is 15.2 Å². The second-order valence-electron chi connectivity index (χ2n) is 8.72. The maximum absolute atomic E-state index is 13.6. The number of carbonyl (C=O) groups is 1. The summed E-state index contributed by atoms with van der Waals surface area (Å²) in [4.78, 5) is 22.6. The van der Waals surface area contributed by atoms with Crippen LogP contribution in [0.15, 0.2) is 18.2 Å². The molecule has 2 rings (SSSR count). The Hall–Kier alpha value is -2.94. The predicted octanol–water partition coefficient (Wildman–Crippen LogP) is 5.54. The van der Waals surface area contributed by atoms with Gasteiger partial charge in [-0.25, -0.2) is 0 Å². The van der Waals surface area contributed by atoms with Gasteiger partial charge in [0, 0.05) is 11.1 Å². The van der Waals surface area contributed by atoms with Crippen molar-refractivity contribution < 1.29 is 14.3 Å². The van der Waals surface area contributed by atoms with Crippen molar-refractivity contribution in [3.8, 4) is 18.0 Å². The van der Waals surface area contributed by atoms with Crippen LogP contribution in [0.3, 0.4) is 0 Å². The van der Waals surface area contributed by atoms with E-state index >= 15 is 0 Å². The number of carbonyl (C=O) groups excluding carboxylic acids is 1. The third-order valence-electron chi connectivity index (χ3n) is 4.75. The van der Waals surface area contributed by atoms with Gasteiger partial charge in [0.1, 0.15) is 5.69 Å². The van der Waals surface area contributed by atoms with E-state index in [0.29, 0.717) is 35.8 Å². The molecule has 0 aliphatic heterocycles. The topological polar surface area (TPSA) is 85.1 Å². The molecule has 0 N–H and O–H groups in total. The van der Waals surface area contributed by atoms with Crippen molar-refractivity contribution in [2.75, 3.05) is 13.2 Å². The van der Waals surface area contributed by atoms with Crippen LogP contribution in [0.2, 0.25) is 0 Å². The van der Waals surface area contributed by atoms with Gasteiger partial charge in [0.25, 0.3) is 0 Å². The monoisotopic (exact) mass is 423 g/mol. The average molecular weight is 424 g/mol. The number of nitrogens with zero attached hydrogens (tertiary/aromatic N) is 3. The summed E-state index contributed by atoms with van der Waals surface area (Å²) in [7, 11) is 0. The summed E-state index contributed by atoms with van der Waals surface area (Å²) in [6.45, 7) is 13.0. The number of aryl methyl sites for hydroxylation is 1. The van der Waals surface area contributed by atoms with E-state index in [0.717, 1.165) is 31.2 Å². The van der Waals surface area contributed by atoms with Crippen LogP contribution in [-0.4, -0.2) is 29.0 Å². The van der Waals surface area contributed by atoms with E-state index in [4.69, 9.17) is 9.47 Å². The van der Waals surface area contributed by atoms with Crippen molar-refractivity contribution in [3.05, 3.63) is 46.1 Å². The van der Waals surface area contributed by atoms with E-state index in [1.165, 1.54) is 0 Å². The fourth-order valence-corrected chi connectivity index (χ4v) is 3.17. The number of nitriles is 1. The van der Waals surface area contributed by atoms with Crippen LogP contribution in [0.4, 0.5) is 0 Å². The zero-order valence-corrected chi connectivity index (χ0v) is 19.5. The molecule has 1 aromatic carbocycles. The van der Waals surface area contributed by atoms with Crippen molar-refractivity contribution in [1.82, 2.24) is 9.97 Å². The molecule has 1 aromatic heterocycles. The summed E-state index contributed by atoms with van der Waals surface area (Å²) in [6.07, 6.45) is 3.71. The maximum Gasteiger partial charge on any atom is 0.320 e. The summed E-state index contributed by atoms with van der Waals surface area (Å²) in [6, 6.07) is 7.38. The molecule has 0 amide bonds. The number of rotatable bonds is 10. The lowest BCUT2D eigenvalue weighted by Gasteiger charge is -2.24. The standard InChI is InChI=1S/C25H33N3O3/c1-7-9-11-30-23-20(25(4,5)6)21(27-24(28-23)31-12-10-8-2)22(29)19-14-17(3)13-18(15-19)16-26/h13-15H,7-12H2,1-6H3. The molecular formula is C25H33N3O3. The zero-order valence-electron chi connectivity index (χ0n) is 19.5. The summed E-state index contributed by atoms with van der Waals surface area (Å²) < 4.78 is 11.8. The molecule has 0 fully saturated rings.